The highest BCUT2D eigenvalue weighted by molar-refractivity contribution is 6.33. The van der Waals surface area contributed by atoms with Gasteiger partial charge in [0.2, 0.25) is 17.8 Å². The van der Waals surface area contributed by atoms with Crippen LogP contribution in [0.1, 0.15) is 19.4 Å². The molecule has 3 N–H and O–H groups in total. The van der Waals surface area contributed by atoms with E-state index in [-0.39, 0.29) is 40.6 Å². The maximum absolute atomic E-state index is 13.9. The Morgan fingerprint density at radius 1 is 1.13 bits per heavy atom. The zero-order valence-corrected chi connectivity index (χ0v) is 21.4. The van der Waals surface area contributed by atoms with E-state index in [9.17, 15) is 22.8 Å². The SMILES string of the molecule is C=CC(=O)Nc1cc(OC)ccc1Nc1nc(Nc2ccc(N(CC)C(C)=O)cc2C(F)(F)F)ncc1Cl. The number of nitrogens with one attached hydrogen (secondary N) is 3. The first kappa shape index (κ1) is 28.3. The summed E-state index contributed by atoms with van der Waals surface area (Å²) in [5, 5.41) is 8.21. The smallest absolute Gasteiger partial charge is 0.418 e. The van der Waals surface area contributed by atoms with E-state index in [2.05, 4.69) is 32.5 Å². The molecule has 1 heterocycles. The molecule has 9 nitrogen and oxygen atoms in total. The van der Waals surface area contributed by atoms with E-state index in [1.807, 2.05) is 0 Å². The Balaban J connectivity index is 1.97. The van der Waals surface area contributed by atoms with Crippen molar-refractivity contribution in [2.24, 2.45) is 0 Å². The molecule has 1 aromatic heterocycles. The van der Waals surface area contributed by atoms with Crippen LogP contribution in [0, 0.1) is 0 Å². The fraction of sp³-hybridized carbons (Fsp3) is 0.200. The maximum Gasteiger partial charge on any atom is 0.418 e. The minimum atomic E-state index is -4.73. The van der Waals surface area contributed by atoms with Crippen LogP contribution in [0.15, 0.2) is 55.3 Å². The van der Waals surface area contributed by atoms with E-state index in [4.69, 9.17) is 16.3 Å². The summed E-state index contributed by atoms with van der Waals surface area (Å²) in [6, 6.07) is 8.24. The number of hydrogen-bond acceptors (Lipinski definition) is 7. The van der Waals surface area contributed by atoms with Crippen LogP contribution in [0.4, 0.5) is 47.7 Å². The van der Waals surface area contributed by atoms with Gasteiger partial charge in [0.25, 0.3) is 0 Å². The van der Waals surface area contributed by atoms with Crippen LogP contribution >= 0.6 is 11.6 Å². The monoisotopic (exact) mass is 548 g/mol. The number of ether oxygens (including phenoxy) is 1. The average Bonchev–Trinajstić information content (AvgIpc) is 2.87. The Hall–Kier alpha value is -4.32. The fourth-order valence-electron chi connectivity index (χ4n) is 3.44. The van der Waals surface area contributed by atoms with Gasteiger partial charge in [-0.15, -0.1) is 0 Å². The second-order valence-electron chi connectivity index (χ2n) is 7.74. The van der Waals surface area contributed by atoms with Gasteiger partial charge in [0, 0.05) is 25.2 Å². The average molecular weight is 549 g/mol. The zero-order valence-electron chi connectivity index (χ0n) is 20.6. The third-order valence-electron chi connectivity index (χ3n) is 5.23. The molecule has 38 heavy (non-hydrogen) atoms. The number of carbonyl (C=O) groups excluding carboxylic acids is 2. The highest BCUT2D eigenvalue weighted by Gasteiger charge is 2.34. The fourth-order valence-corrected chi connectivity index (χ4v) is 3.58. The van der Waals surface area contributed by atoms with Crippen LogP contribution in [-0.2, 0) is 15.8 Å². The van der Waals surface area contributed by atoms with Gasteiger partial charge >= 0.3 is 6.18 Å². The number of hydrogen-bond donors (Lipinski definition) is 3. The van der Waals surface area contributed by atoms with Crippen LogP contribution in [0.3, 0.4) is 0 Å². The Labute approximate surface area is 221 Å². The first-order chi connectivity index (χ1) is 18.0. The van der Waals surface area contributed by atoms with E-state index in [1.165, 1.54) is 37.3 Å². The Kier molecular flexibility index (Phi) is 8.79. The van der Waals surface area contributed by atoms with Crippen molar-refractivity contribution in [2.45, 2.75) is 20.0 Å². The molecule has 0 aliphatic rings. The number of anilines is 6. The van der Waals surface area contributed by atoms with Gasteiger partial charge in [0.15, 0.2) is 5.82 Å². The van der Waals surface area contributed by atoms with Gasteiger partial charge in [0.05, 0.1) is 35.9 Å². The van der Waals surface area contributed by atoms with Crippen molar-refractivity contribution >= 4 is 57.9 Å². The molecule has 0 unspecified atom stereocenters. The van der Waals surface area contributed by atoms with Crippen LogP contribution in [0.2, 0.25) is 5.02 Å². The summed E-state index contributed by atoms with van der Waals surface area (Å²) in [5.74, 6) is -0.533. The standard InChI is InChI=1S/C25H24ClF3N6O3/c1-5-22(37)31-21-12-16(38-4)8-10-20(21)32-23-18(26)13-30-24(34-23)33-19-9-7-15(35(6-2)14(3)36)11-17(19)25(27,28)29/h5,7-13H,1,6H2,2-4H3,(H,31,37)(H2,30,32,33,34). The molecule has 0 spiro atoms. The normalized spacial score (nSPS) is 10.9. The first-order valence-electron chi connectivity index (χ1n) is 11.1. The molecule has 0 bridgehead atoms. The van der Waals surface area contributed by atoms with Gasteiger partial charge in [0.1, 0.15) is 10.8 Å². The van der Waals surface area contributed by atoms with Crippen LogP contribution in [0.25, 0.3) is 0 Å². The van der Waals surface area contributed by atoms with Gasteiger partial charge in [-0.1, -0.05) is 18.2 Å². The summed E-state index contributed by atoms with van der Waals surface area (Å²) in [4.78, 5) is 33.1. The number of aromatic nitrogens is 2. The molecule has 3 aromatic rings. The van der Waals surface area contributed by atoms with Crippen molar-refractivity contribution in [3.63, 3.8) is 0 Å². The highest BCUT2D eigenvalue weighted by atomic mass is 35.5. The second kappa shape index (κ2) is 11.8. The van der Waals surface area contributed by atoms with Crippen molar-refractivity contribution in [3.8, 4) is 5.75 Å². The number of amides is 2. The summed E-state index contributed by atoms with van der Waals surface area (Å²) in [5.41, 5.74) is -0.535. The summed E-state index contributed by atoms with van der Waals surface area (Å²) >= 11 is 6.24. The number of methoxy groups -OCH3 is 1. The number of nitrogens with zero attached hydrogens (tertiary/aromatic N) is 3. The molecule has 0 saturated carbocycles. The van der Waals surface area contributed by atoms with E-state index in [0.29, 0.717) is 17.1 Å². The number of halogens is 4. The van der Waals surface area contributed by atoms with Crippen molar-refractivity contribution < 1.29 is 27.5 Å². The summed E-state index contributed by atoms with van der Waals surface area (Å²) in [6.07, 6.45) is -2.44. The van der Waals surface area contributed by atoms with E-state index in [0.717, 1.165) is 12.1 Å². The molecule has 13 heteroatoms. The van der Waals surface area contributed by atoms with Gasteiger partial charge in [-0.3, -0.25) is 9.59 Å². The number of rotatable bonds is 9. The molecular weight excluding hydrogens is 525 g/mol. The third kappa shape index (κ3) is 6.71. The number of alkyl halides is 3. The Morgan fingerprint density at radius 2 is 1.84 bits per heavy atom. The van der Waals surface area contributed by atoms with E-state index < -0.39 is 17.6 Å². The van der Waals surface area contributed by atoms with Gasteiger partial charge in [-0.05, 0) is 43.3 Å². The lowest BCUT2D eigenvalue weighted by molar-refractivity contribution is -0.137. The first-order valence-corrected chi connectivity index (χ1v) is 11.5. The molecule has 0 atom stereocenters. The van der Waals surface area contributed by atoms with Crippen LogP contribution < -0.4 is 25.6 Å². The lowest BCUT2D eigenvalue weighted by Crippen LogP contribution is -2.28. The van der Waals surface area contributed by atoms with Crippen LogP contribution in [-0.4, -0.2) is 35.4 Å². The lowest BCUT2D eigenvalue weighted by Gasteiger charge is -2.22. The predicted octanol–water partition coefficient (Wildman–Crippen LogP) is 6.14. The third-order valence-corrected chi connectivity index (χ3v) is 5.51. The van der Waals surface area contributed by atoms with Gasteiger partial charge in [-0.25, -0.2) is 4.98 Å². The molecule has 0 aliphatic carbocycles. The Morgan fingerprint density at radius 3 is 2.45 bits per heavy atom. The second-order valence-corrected chi connectivity index (χ2v) is 8.14. The number of benzene rings is 2. The quantitative estimate of drug-likeness (QED) is 0.275. The molecule has 200 valence electrons. The molecule has 0 saturated heterocycles. The summed E-state index contributed by atoms with van der Waals surface area (Å²) in [6.45, 7) is 6.56. The molecule has 0 fully saturated rings. The maximum atomic E-state index is 13.9. The summed E-state index contributed by atoms with van der Waals surface area (Å²) in [7, 11) is 1.46. The molecule has 2 aromatic carbocycles. The largest absolute Gasteiger partial charge is 0.497 e. The summed E-state index contributed by atoms with van der Waals surface area (Å²) < 4.78 is 46.9. The zero-order chi connectivity index (χ0) is 28.0. The molecule has 3 rings (SSSR count). The molecular formula is C25H24ClF3N6O3. The van der Waals surface area contributed by atoms with E-state index >= 15 is 0 Å². The minimum absolute atomic E-state index is 0.0577. The molecule has 0 aliphatic heterocycles. The highest BCUT2D eigenvalue weighted by Crippen LogP contribution is 2.39. The lowest BCUT2D eigenvalue weighted by atomic mass is 10.1. The van der Waals surface area contributed by atoms with Gasteiger partial charge < -0.3 is 25.6 Å². The van der Waals surface area contributed by atoms with Crippen molar-refractivity contribution in [2.75, 3.05) is 34.5 Å². The predicted molar refractivity (Wildman–Crippen MR) is 141 cm³/mol. The van der Waals surface area contributed by atoms with Crippen molar-refractivity contribution in [1.82, 2.24) is 9.97 Å². The van der Waals surface area contributed by atoms with Crippen molar-refractivity contribution in [3.05, 3.63) is 65.8 Å². The Bertz CT molecular complexity index is 1370. The molecule has 0 radical (unpaired) electrons. The van der Waals surface area contributed by atoms with Crippen LogP contribution in [0.5, 0.6) is 5.75 Å². The topological polar surface area (TPSA) is 108 Å². The van der Waals surface area contributed by atoms with E-state index in [1.54, 1.807) is 25.1 Å². The number of carbonyl (C=O) groups is 2. The molecule has 2 amide bonds. The van der Waals surface area contributed by atoms with Crippen molar-refractivity contribution in [1.29, 1.82) is 0 Å². The minimum Gasteiger partial charge on any atom is -0.497 e. The van der Waals surface area contributed by atoms with Gasteiger partial charge in [-0.2, -0.15) is 18.2 Å².